The Kier molecular flexibility index (Phi) is 2.30. The number of rotatable bonds is 0. The fourth-order valence-corrected chi connectivity index (χ4v) is 2.34. The van der Waals surface area contributed by atoms with E-state index < -0.39 is 0 Å². The van der Waals surface area contributed by atoms with Crippen molar-refractivity contribution in [3.63, 3.8) is 0 Å². The molecule has 0 aliphatic carbocycles. The second-order valence-corrected chi connectivity index (χ2v) is 3.85. The van der Waals surface area contributed by atoms with Gasteiger partial charge in [0.25, 0.3) is 5.91 Å². The molecule has 0 aromatic carbocycles. The van der Waals surface area contributed by atoms with Crippen molar-refractivity contribution in [2.45, 2.75) is 31.7 Å². The third-order valence-electron chi connectivity index (χ3n) is 3.05. The van der Waals surface area contributed by atoms with E-state index >= 15 is 0 Å². The van der Waals surface area contributed by atoms with Gasteiger partial charge in [-0.1, -0.05) is 0 Å². The van der Waals surface area contributed by atoms with E-state index in [1.165, 1.54) is 30.7 Å². The Morgan fingerprint density at radius 3 is 3.08 bits per heavy atom. The van der Waals surface area contributed by atoms with Gasteiger partial charge in [-0.15, -0.1) is 0 Å². The molecule has 2 fully saturated rings. The molecular weight excluding hydrogens is 152 g/mol. The molecule has 0 aromatic rings. The van der Waals surface area contributed by atoms with Crippen molar-refractivity contribution in [1.29, 1.82) is 0 Å². The molecule has 12 heavy (non-hydrogen) atoms. The van der Waals surface area contributed by atoms with Gasteiger partial charge in [-0.05, 0) is 19.3 Å². The summed E-state index contributed by atoms with van der Waals surface area (Å²) in [5.74, 6) is 0.290. The molecule has 2 saturated heterocycles. The lowest BCUT2D eigenvalue weighted by atomic mass is 10.1. The molecule has 68 valence electrons. The number of carbonyl (C=O) groups excluding carboxylic acids is 1. The molecule has 3 nitrogen and oxygen atoms in total. The lowest BCUT2D eigenvalue weighted by Gasteiger charge is -2.30. The van der Waals surface area contributed by atoms with E-state index in [-0.39, 0.29) is 11.9 Å². The highest BCUT2D eigenvalue weighted by molar-refractivity contribution is 5.80. The van der Waals surface area contributed by atoms with Crippen LogP contribution < -0.4 is 10.2 Å². The summed E-state index contributed by atoms with van der Waals surface area (Å²) < 4.78 is 0. The topological polar surface area (TPSA) is 33.5 Å². The van der Waals surface area contributed by atoms with E-state index in [9.17, 15) is 4.79 Å². The summed E-state index contributed by atoms with van der Waals surface area (Å²) in [6.45, 7) is 3.22. The highest BCUT2D eigenvalue weighted by Crippen LogP contribution is 2.06. The minimum absolute atomic E-state index is 0.279. The van der Waals surface area contributed by atoms with Crippen LogP contribution in [0.15, 0.2) is 0 Å². The Labute approximate surface area is 73.1 Å². The van der Waals surface area contributed by atoms with Crippen LogP contribution in [0.4, 0.5) is 0 Å². The van der Waals surface area contributed by atoms with Gasteiger partial charge >= 0.3 is 0 Å². The van der Waals surface area contributed by atoms with Crippen LogP contribution in [-0.4, -0.2) is 31.6 Å². The normalized spacial score (nSPS) is 36.5. The van der Waals surface area contributed by atoms with E-state index in [0.29, 0.717) is 0 Å². The summed E-state index contributed by atoms with van der Waals surface area (Å²) in [6.07, 6.45) is 4.95. The van der Waals surface area contributed by atoms with Gasteiger partial charge in [0.1, 0.15) is 0 Å². The first-order valence-electron chi connectivity index (χ1n) is 5.00. The third kappa shape index (κ3) is 1.46. The van der Waals surface area contributed by atoms with Gasteiger partial charge in [-0.3, -0.25) is 4.79 Å². The van der Waals surface area contributed by atoms with Gasteiger partial charge in [0.05, 0.1) is 19.6 Å². The SMILES string of the molecule is O=C1NCC[NH+]2CCCCC[C@H]12. The van der Waals surface area contributed by atoms with Crippen molar-refractivity contribution in [2.24, 2.45) is 0 Å². The number of fused-ring (bicyclic) bond motifs is 1. The van der Waals surface area contributed by atoms with Crippen LogP contribution in [0.2, 0.25) is 0 Å². The van der Waals surface area contributed by atoms with Crippen molar-refractivity contribution < 1.29 is 9.69 Å². The maximum Gasteiger partial charge on any atom is 0.278 e. The molecule has 2 N–H and O–H groups in total. The zero-order valence-electron chi connectivity index (χ0n) is 7.44. The Morgan fingerprint density at radius 1 is 1.25 bits per heavy atom. The molecule has 0 bridgehead atoms. The van der Waals surface area contributed by atoms with Crippen molar-refractivity contribution >= 4 is 5.91 Å². The summed E-state index contributed by atoms with van der Waals surface area (Å²) in [4.78, 5) is 13.0. The second-order valence-electron chi connectivity index (χ2n) is 3.85. The first-order valence-corrected chi connectivity index (χ1v) is 5.00. The average Bonchev–Trinajstić information content (AvgIpc) is 2.30. The second kappa shape index (κ2) is 3.44. The lowest BCUT2D eigenvalue weighted by Crippen LogP contribution is -3.19. The Balaban J connectivity index is 2.05. The van der Waals surface area contributed by atoms with Crippen molar-refractivity contribution in [3.05, 3.63) is 0 Å². The maximum atomic E-state index is 11.4. The number of carbonyl (C=O) groups is 1. The van der Waals surface area contributed by atoms with E-state index in [4.69, 9.17) is 0 Å². The summed E-state index contributed by atoms with van der Waals surface area (Å²) in [5, 5.41) is 2.95. The number of piperazine rings is 1. The molecule has 3 heteroatoms. The van der Waals surface area contributed by atoms with Crippen molar-refractivity contribution in [1.82, 2.24) is 5.32 Å². The number of amides is 1. The number of nitrogens with one attached hydrogen (secondary N) is 2. The van der Waals surface area contributed by atoms with Gasteiger partial charge in [0, 0.05) is 6.42 Å². The Morgan fingerprint density at radius 2 is 2.17 bits per heavy atom. The van der Waals surface area contributed by atoms with Crippen LogP contribution in [0.25, 0.3) is 0 Å². The fourth-order valence-electron chi connectivity index (χ4n) is 2.34. The number of hydrogen-bond donors (Lipinski definition) is 2. The van der Waals surface area contributed by atoms with Gasteiger partial charge < -0.3 is 10.2 Å². The molecule has 1 unspecified atom stereocenters. The lowest BCUT2D eigenvalue weighted by molar-refractivity contribution is -0.917. The molecule has 0 spiro atoms. The largest absolute Gasteiger partial charge is 0.345 e. The minimum Gasteiger partial charge on any atom is -0.345 e. The predicted molar refractivity (Wildman–Crippen MR) is 46.0 cm³/mol. The van der Waals surface area contributed by atoms with Crippen LogP contribution >= 0.6 is 0 Å². The molecule has 0 radical (unpaired) electrons. The van der Waals surface area contributed by atoms with Crippen LogP contribution in [0, 0.1) is 0 Å². The van der Waals surface area contributed by atoms with Gasteiger partial charge in [-0.25, -0.2) is 0 Å². The quantitative estimate of drug-likeness (QED) is 0.476. The van der Waals surface area contributed by atoms with Crippen LogP contribution in [0.3, 0.4) is 0 Å². The molecule has 2 aliphatic heterocycles. The summed E-state index contributed by atoms with van der Waals surface area (Å²) in [6, 6.07) is 0.279. The van der Waals surface area contributed by atoms with E-state index in [0.717, 1.165) is 19.5 Å². The summed E-state index contributed by atoms with van der Waals surface area (Å²) in [5.41, 5.74) is 0. The van der Waals surface area contributed by atoms with Crippen LogP contribution in [0.1, 0.15) is 25.7 Å². The maximum absolute atomic E-state index is 11.4. The van der Waals surface area contributed by atoms with E-state index in [2.05, 4.69) is 5.32 Å². The average molecular weight is 169 g/mol. The Hall–Kier alpha value is -0.570. The molecule has 2 aliphatic rings. The third-order valence-corrected chi connectivity index (χ3v) is 3.05. The number of quaternary nitrogens is 1. The monoisotopic (exact) mass is 169 g/mol. The molecule has 1 amide bonds. The van der Waals surface area contributed by atoms with Crippen LogP contribution in [0.5, 0.6) is 0 Å². The predicted octanol–water partition coefficient (Wildman–Crippen LogP) is -1.06. The standard InChI is InChI=1S/C9H16N2O/c12-9-8-4-2-1-3-6-11(8)7-5-10-9/h8H,1-7H2,(H,10,12)/p+1/t8-/m1/s1. The minimum atomic E-state index is 0.279. The van der Waals surface area contributed by atoms with Crippen molar-refractivity contribution in [3.8, 4) is 0 Å². The zero-order chi connectivity index (χ0) is 8.39. The highest BCUT2D eigenvalue weighted by Gasteiger charge is 2.33. The first kappa shape index (κ1) is 8.05. The molecule has 0 aromatic heterocycles. The summed E-state index contributed by atoms with van der Waals surface area (Å²) >= 11 is 0. The molecule has 0 saturated carbocycles. The molecule has 2 heterocycles. The van der Waals surface area contributed by atoms with Gasteiger partial charge in [0.2, 0.25) is 0 Å². The molecule has 2 atom stereocenters. The zero-order valence-corrected chi connectivity index (χ0v) is 7.44. The number of hydrogen-bond acceptors (Lipinski definition) is 1. The summed E-state index contributed by atoms with van der Waals surface area (Å²) in [7, 11) is 0. The first-order chi connectivity index (χ1) is 5.88. The highest BCUT2D eigenvalue weighted by atomic mass is 16.2. The Bertz CT molecular complexity index is 181. The smallest absolute Gasteiger partial charge is 0.278 e. The van der Waals surface area contributed by atoms with Gasteiger partial charge in [-0.2, -0.15) is 0 Å². The van der Waals surface area contributed by atoms with E-state index in [1.807, 2.05) is 0 Å². The van der Waals surface area contributed by atoms with Gasteiger partial charge in [0.15, 0.2) is 6.04 Å². The van der Waals surface area contributed by atoms with Crippen LogP contribution in [-0.2, 0) is 4.79 Å². The molecular formula is C9H17N2O+. The molecule has 2 rings (SSSR count). The van der Waals surface area contributed by atoms with E-state index in [1.54, 1.807) is 0 Å². The fraction of sp³-hybridized carbons (Fsp3) is 0.889. The van der Waals surface area contributed by atoms with Crippen molar-refractivity contribution in [2.75, 3.05) is 19.6 Å².